The first-order valence-corrected chi connectivity index (χ1v) is 6.37. The highest BCUT2D eigenvalue weighted by molar-refractivity contribution is 6.06. The van der Waals surface area contributed by atoms with Gasteiger partial charge in [0.25, 0.3) is 0 Å². The number of nitrogens with one attached hydrogen (secondary N) is 1. The zero-order valence-electron chi connectivity index (χ0n) is 11.9. The molecule has 6 heteroatoms. The Morgan fingerprint density at radius 2 is 2.05 bits per heavy atom. The van der Waals surface area contributed by atoms with E-state index in [-0.39, 0.29) is 11.3 Å². The molecule has 110 valence electrons. The van der Waals surface area contributed by atoms with Gasteiger partial charge in [0.2, 0.25) is 0 Å². The highest BCUT2D eigenvalue weighted by Gasteiger charge is 2.22. The van der Waals surface area contributed by atoms with Crippen LogP contribution in [0, 0.1) is 22.7 Å². The van der Waals surface area contributed by atoms with Gasteiger partial charge >= 0.3 is 5.97 Å². The third-order valence-corrected chi connectivity index (χ3v) is 2.64. The molecule has 1 rings (SSSR count). The van der Waals surface area contributed by atoms with E-state index in [2.05, 4.69) is 0 Å². The number of para-hydroxylation sites is 1. The number of benzene rings is 1. The van der Waals surface area contributed by atoms with Crippen molar-refractivity contribution in [1.82, 2.24) is 0 Å². The lowest BCUT2D eigenvalue weighted by Gasteiger charge is -2.10. The lowest BCUT2D eigenvalue weighted by Crippen LogP contribution is -2.25. The van der Waals surface area contributed by atoms with Gasteiger partial charge in [0.05, 0.1) is 12.7 Å². The van der Waals surface area contributed by atoms with Crippen molar-refractivity contribution < 1.29 is 19.1 Å². The van der Waals surface area contributed by atoms with Crippen LogP contribution >= 0.6 is 0 Å². The molecule has 0 unspecified atom stereocenters. The summed E-state index contributed by atoms with van der Waals surface area (Å²) in [4.78, 5) is 23.6. The molecule has 0 amide bonds. The van der Waals surface area contributed by atoms with Crippen LogP contribution in [0.15, 0.2) is 24.3 Å². The normalized spacial score (nSPS) is 11.1. The second kappa shape index (κ2) is 7.80. The number of ether oxygens (including phenoxy) is 2. The molecule has 0 aliphatic heterocycles. The first-order chi connectivity index (χ1) is 10.0. The van der Waals surface area contributed by atoms with Crippen molar-refractivity contribution in [1.29, 1.82) is 10.7 Å². The van der Waals surface area contributed by atoms with Gasteiger partial charge in [-0.05, 0) is 26.0 Å². The van der Waals surface area contributed by atoms with E-state index in [4.69, 9.17) is 20.1 Å². The molecule has 0 bridgehead atoms. The second-order valence-electron chi connectivity index (χ2n) is 4.22. The molecular formula is C15H16N2O4. The van der Waals surface area contributed by atoms with Crippen LogP contribution in [-0.2, 0) is 9.53 Å². The zero-order chi connectivity index (χ0) is 15.8. The summed E-state index contributed by atoms with van der Waals surface area (Å²) in [5, 5.41) is 16.1. The molecule has 0 saturated carbocycles. The van der Waals surface area contributed by atoms with E-state index < -0.39 is 24.3 Å². The number of nitriles is 1. The quantitative estimate of drug-likeness (QED) is 0.611. The maximum Gasteiger partial charge on any atom is 0.342 e. The van der Waals surface area contributed by atoms with Gasteiger partial charge in [-0.15, -0.1) is 0 Å². The fourth-order valence-electron chi connectivity index (χ4n) is 1.62. The molecule has 21 heavy (non-hydrogen) atoms. The Balaban J connectivity index is 2.73. The molecule has 0 fully saturated rings. The van der Waals surface area contributed by atoms with Crippen LogP contribution in [0.5, 0.6) is 5.75 Å². The van der Waals surface area contributed by atoms with Crippen LogP contribution < -0.4 is 4.74 Å². The summed E-state index contributed by atoms with van der Waals surface area (Å²) < 4.78 is 10.2. The van der Waals surface area contributed by atoms with Gasteiger partial charge in [-0.25, -0.2) is 4.79 Å². The predicted molar refractivity (Wildman–Crippen MR) is 75.4 cm³/mol. The average molecular weight is 288 g/mol. The van der Waals surface area contributed by atoms with Crippen LogP contribution in [0.2, 0.25) is 0 Å². The molecule has 1 atom stereocenters. The molecule has 0 aromatic heterocycles. The number of rotatable bonds is 7. The third-order valence-electron chi connectivity index (χ3n) is 2.64. The summed E-state index contributed by atoms with van der Waals surface area (Å²) in [6.07, 6.45) is 0. The van der Waals surface area contributed by atoms with E-state index in [1.807, 2.05) is 0 Å². The average Bonchev–Trinajstić information content (AvgIpc) is 2.46. The topological polar surface area (TPSA) is 100 Å². The van der Waals surface area contributed by atoms with Gasteiger partial charge in [0, 0.05) is 5.71 Å². The van der Waals surface area contributed by atoms with Crippen LogP contribution in [0.4, 0.5) is 0 Å². The van der Waals surface area contributed by atoms with Gasteiger partial charge in [-0.3, -0.25) is 4.79 Å². The van der Waals surface area contributed by atoms with Crippen molar-refractivity contribution in [2.24, 2.45) is 5.92 Å². The number of nitrogens with zero attached hydrogens (tertiary/aromatic N) is 1. The Hall–Kier alpha value is -2.68. The summed E-state index contributed by atoms with van der Waals surface area (Å²) in [6, 6.07) is 8.24. The number of carbonyl (C=O) groups excluding carboxylic acids is 2. The predicted octanol–water partition coefficient (Wildman–Crippen LogP) is 1.99. The number of esters is 1. The fraction of sp³-hybridized carbons (Fsp3) is 0.333. The van der Waals surface area contributed by atoms with Gasteiger partial charge < -0.3 is 14.9 Å². The Bertz CT molecular complexity index is 590. The summed E-state index contributed by atoms with van der Waals surface area (Å²) in [6.45, 7) is 2.99. The van der Waals surface area contributed by atoms with Gasteiger partial charge in [0.15, 0.2) is 12.4 Å². The van der Waals surface area contributed by atoms with Crippen molar-refractivity contribution in [3.63, 3.8) is 0 Å². The molecule has 1 N–H and O–H groups in total. The minimum atomic E-state index is -1.18. The molecule has 0 radical (unpaired) electrons. The van der Waals surface area contributed by atoms with E-state index in [1.54, 1.807) is 31.2 Å². The van der Waals surface area contributed by atoms with Crippen LogP contribution in [0.3, 0.4) is 0 Å². The SMILES string of the molecule is CCOc1ccccc1C(=O)OCC(=O)[C@H](C#N)C(C)=N. The molecule has 0 aliphatic rings. The van der Waals surface area contributed by atoms with Crippen molar-refractivity contribution >= 4 is 17.5 Å². The van der Waals surface area contributed by atoms with Gasteiger partial charge in [-0.1, -0.05) is 12.1 Å². The smallest absolute Gasteiger partial charge is 0.342 e. The molecule has 0 heterocycles. The largest absolute Gasteiger partial charge is 0.493 e. The number of Topliss-reactive ketones (excluding diaryl/α,β-unsaturated/α-hetero) is 1. The van der Waals surface area contributed by atoms with E-state index >= 15 is 0 Å². The molecule has 0 spiro atoms. The highest BCUT2D eigenvalue weighted by atomic mass is 16.5. The van der Waals surface area contributed by atoms with Gasteiger partial charge in [0.1, 0.15) is 17.2 Å². The maximum absolute atomic E-state index is 11.9. The summed E-state index contributed by atoms with van der Waals surface area (Å²) in [5.41, 5.74) is 0.139. The number of hydrogen-bond acceptors (Lipinski definition) is 6. The van der Waals surface area contributed by atoms with Crippen molar-refractivity contribution in [3.8, 4) is 11.8 Å². The van der Waals surface area contributed by atoms with E-state index in [0.717, 1.165) is 0 Å². The fourth-order valence-corrected chi connectivity index (χ4v) is 1.62. The second-order valence-corrected chi connectivity index (χ2v) is 4.22. The van der Waals surface area contributed by atoms with E-state index in [9.17, 15) is 9.59 Å². The van der Waals surface area contributed by atoms with E-state index in [1.165, 1.54) is 13.0 Å². The zero-order valence-corrected chi connectivity index (χ0v) is 11.9. The maximum atomic E-state index is 11.9. The number of carbonyl (C=O) groups is 2. The molecular weight excluding hydrogens is 272 g/mol. The van der Waals surface area contributed by atoms with Crippen LogP contribution in [0.1, 0.15) is 24.2 Å². The van der Waals surface area contributed by atoms with Crippen molar-refractivity contribution in [3.05, 3.63) is 29.8 Å². The van der Waals surface area contributed by atoms with Crippen molar-refractivity contribution in [2.45, 2.75) is 13.8 Å². The molecule has 6 nitrogen and oxygen atoms in total. The van der Waals surface area contributed by atoms with Crippen LogP contribution in [0.25, 0.3) is 0 Å². The Labute approximate surface area is 122 Å². The summed E-state index contributed by atoms with van der Waals surface area (Å²) in [5.74, 6) is -2.13. The highest BCUT2D eigenvalue weighted by Crippen LogP contribution is 2.19. The summed E-state index contributed by atoms with van der Waals surface area (Å²) >= 11 is 0. The Morgan fingerprint density at radius 3 is 2.62 bits per heavy atom. The summed E-state index contributed by atoms with van der Waals surface area (Å²) in [7, 11) is 0. The van der Waals surface area contributed by atoms with E-state index in [0.29, 0.717) is 12.4 Å². The Morgan fingerprint density at radius 1 is 1.38 bits per heavy atom. The molecule has 0 saturated heterocycles. The first kappa shape index (κ1) is 16.4. The molecule has 0 aliphatic carbocycles. The van der Waals surface area contributed by atoms with Crippen molar-refractivity contribution in [2.75, 3.05) is 13.2 Å². The lowest BCUT2D eigenvalue weighted by atomic mass is 10.0. The monoisotopic (exact) mass is 288 g/mol. The minimum Gasteiger partial charge on any atom is -0.493 e. The third kappa shape index (κ3) is 4.42. The van der Waals surface area contributed by atoms with Gasteiger partial charge in [-0.2, -0.15) is 5.26 Å². The number of hydrogen-bond donors (Lipinski definition) is 1. The van der Waals surface area contributed by atoms with Crippen LogP contribution in [-0.4, -0.2) is 30.7 Å². The minimum absolute atomic E-state index is 0.0757. The standard InChI is InChI=1S/C15H16N2O4/c1-3-20-14-7-5-4-6-11(14)15(19)21-9-13(18)12(8-16)10(2)17/h4-7,12,17H,3,9H2,1-2H3/t12-/m1/s1. The number of ketones is 1. The Kier molecular flexibility index (Phi) is 6.08. The lowest BCUT2D eigenvalue weighted by molar-refractivity contribution is -0.122. The molecule has 1 aromatic carbocycles. The molecule has 1 aromatic rings. The first-order valence-electron chi connectivity index (χ1n) is 6.37.